The van der Waals surface area contributed by atoms with Gasteiger partial charge in [0.25, 0.3) is 0 Å². The van der Waals surface area contributed by atoms with E-state index in [4.69, 9.17) is 0 Å². The Hall–Kier alpha value is -0.570. The largest absolute Gasteiger partial charge is 0.337 e. The number of rotatable bonds is 4. The minimum Gasteiger partial charge on any atom is -0.337 e. The summed E-state index contributed by atoms with van der Waals surface area (Å²) < 4.78 is 0. The average molecular weight is 224 g/mol. The maximum atomic E-state index is 11.6. The fraction of sp³-hybridized carbons (Fsp3) is 0.923. The van der Waals surface area contributed by atoms with Crippen molar-refractivity contribution in [2.24, 2.45) is 0 Å². The van der Waals surface area contributed by atoms with E-state index >= 15 is 0 Å². The number of carbonyl (C=O) groups excluding carboxylic acids is 1. The van der Waals surface area contributed by atoms with Gasteiger partial charge in [0, 0.05) is 32.1 Å². The highest BCUT2D eigenvalue weighted by Gasteiger charge is 2.36. The zero-order valence-corrected chi connectivity index (χ0v) is 10.6. The fourth-order valence-electron chi connectivity index (χ4n) is 2.90. The molecule has 0 spiro atoms. The van der Waals surface area contributed by atoms with Crippen molar-refractivity contribution in [3.63, 3.8) is 0 Å². The molecule has 1 saturated heterocycles. The van der Waals surface area contributed by atoms with E-state index in [-0.39, 0.29) is 5.91 Å². The summed E-state index contributed by atoms with van der Waals surface area (Å²) >= 11 is 0. The van der Waals surface area contributed by atoms with Crippen LogP contribution in [0.25, 0.3) is 0 Å². The molecular weight excluding hydrogens is 200 g/mol. The maximum Gasteiger partial charge on any atom is 0.219 e. The molecule has 1 saturated carbocycles. The molecule has 3 nitrogen and oxygen atoms in total. The third-order valence-corrected chi connectivity index (χ3v) is 3.79. The van der Waals surface area contributed by atoms with Crippen LogP contribution in [-0.2, 0) is 4.79 Å². The second-order valence-corrected chi connectivity index (χ2v) is 5.23. The maximum absolute atomic E-state index is 11.6. The molecule has 1 aliphatic carbocycles. The predicted molar refractivity (Wildman–Crippen MR) is 65.3 cm³/mol. The van der Waals surface area contributed by atoms with E-state index in [0.717, 1.165) is 0 Å². The van der Waals surface area contributed by atoms with Gasteiger partial charge in [0.05, 0.1) is 0 Å². The second kappa shape index (κ2) is 5.17. The van der Waals surface area contributed by atoms with Crippen molar-refractivity contribution in [1.29, 1.82) is 0 Å². The van der Waals surface area contributed by atoms with Crippen LogP contribution in [0.4, 0.5) is 0 Å². The van der Waals surface area contributed by atoms with E-state index in [1.54, 1.807) is 6.92 Å². The van der Waals surface area contributed by atoms with Gasteiger partial charge >= 0.3 is 0 Å². The van der Waals surface area contributed by atoms with Crippen molar-refractivity contribution >= 4 is 5.91 Å². The first-order valence-electron chi connectivity index (χ1n) is 6.73. The zero-order valence-electron chi connectivity index (χ0n) is 10.6. The summed E-state index contributed by atoms with van der Waals surface area (Å²) in [5.74, 6) is 0.288. The number of amides is 1. The molecule has 0 unspecified atom stereocenters. The number of hydrogen-bond acceptors (Lipinski definition) is 2. The van der Waals surface area contributed by atoms with Gasteiger partial charge in [-0.25, -0.2) is 0 Å². The minimum atomic E-state index is 0.288. The molecule has 1 amide bonds. The van der Waals surface area contributed by atoms with E-state index in [1.807, 2.05) is 0 Å². The highest BCUT2D eigenvalue weighted by Crippen LogP contribution is 2.31. The summed E-state index contributed by atoms with van der Waals surface area (Å²) in [7, 11) is 0. The van der Waals surface area contributed by atoms with Gasteiger partial charge < -0.3 is 9.80 Å². The Morgan fingerprint density at radius 2 is 1.75 bits per heavy atom. The van der Waals surface area contributed by atoms with E-state index in [0.29, 0.717) is 12.1 Å². The Kier molecular flexibility index (Phi) is 3.85. The van der Waals surface area contributed by atoms with E-state index in [1.165, 1.54) is 51.7 Å². The van der Waals surface area contributed by atoms with Crippen molar-refractivity contribution in [1.82, 2.24) is 9.80 Å². The molecule has 16 heavy (non-hydrogen) atoms. The molecule has 0 aromatic carbocycles. The Balaban J connectivity index is 1.84. The standard InChI is InChI=1S/C13H24N2O/c1-3-8-14-9-6-13(7-10-14)15(11(2)16)12-4-5-12/h12-13H,3-10H2,1-2H3. The van der Waals surface area contributed by atoms with E-state index in [9.17, 15) is 4.79 Å². The summed E-state index contributed by atoms with van der Waals surface area (Å²) in [6.07, 6.45) is 6.05. The molecule has 1 aliphatic heterocycles. The quantitative estimate of drug-likeness (QED) is 0.728. The molecular formula is C13H24N2O. The Morgan fingerprint density at radius 3 is 2.19 bits per heavy atom. The van der Waals surface area contributed by atoms with Crippen LogP contribution in [0.5, 0.6) is 0 Å². The lowest BCUT2D eigenvalue weighted by molar-refractivity contribution is -0.132. The van der Waals surface area contributed by atoms with Gasteiger partial charge in [0.2, 0.25) is 5.91 Å². The van der Waals surface area contributed by atoms with Crippen LogP contribution in [0, 0.1) is 0 Å². The predicted octanol–water partition coefficient (Wildman–Crippen LogP) is 1.87. The minimum absolute atomic E-state index is 0.288. The first kappa shape index (κ1) is 11.9. The van der Waals surface area contributed by atoms with E-state index in [2.05, 4.69) is 16.7 Å². The molecule has 0 bridgehead atoms. The SMILES string of the molecule is CCCN1CCC(N(C(C)=O)C2CC2)CC1. The van der Waals surface area contributed by atoms with Crippen molar-refractivity contribution in [3.8, 4) is 0 Å². The lowest BCUT2D eigenvalue weighted by Crippen LogP contribution is -2.47. The zero-order chi connectivity index (χ0) is 11.5. The van der Waals surface area contributed by atoms with Gasteiger partial charge in [-0.05, 0) is 38.6 Å². The van der Waals surface area contributed by atoms with Crippen molar-refractivity contribution in [2.45, 2.75) is 58.0 Å². The van der Waals surface area contributed by atoms with Crippen LogP contribution in [0.2, 0.25) is 0 Å². The van der Waals surface area contributed by atoms with Crippen molar-refractivity contribution in [3.05, 3.63) is 0 Å². The lowest BCUT2D eigenvalue weighted by atomic mass is 10.0. The Bertz CT molecular complexity index is 242. The van der Waals surface area contributed by atoms with Crippen LogP contribution in [0.15, 0.2) is 0 Å². The Labute approximate surface area is 98.8 Å². The average Bonchev–Trinajstić information content (AvgIpc) is 3.05. The molecule has 2 aliphatic rings. The fourth-order valence-corrected chi connectivity index (χ4v) is 2.90. The van der Waals surface area contributed by atoms with E-state index < -0.39 is 0 Å². The van der Waals surface area contributed by atoms with Crippen LogP contribution in [0.3, 0.4) is 0 Å². The van der Waals surface area contributed by atoms with Crippen LogP contribution in [0.1, 0.15) is 46.0 Å². The number of piperidine rings is 1. The van der Waals surface area contributed by atoms with Crippen molar-refractivity contribution in [2.75, 3.05) is 19.6 Å². The molecule has 3 heteroatoms. The summed E-state index contributed by atoms with van der Waals surface area (Å²) in [4.78, 5) is 16.3. The smallest absolute Gasteiger partial charge is 0.219 e. The molecule has 1 heterocycles. The third-order valence-electron chi connectivity index (χ3n) is 3.79. The Morgan fingerprint density at radius 1 is 1.19 bits per heavy atom. The highest BCUT2D eigenvalue weighted by molar-refractivity contribution is 5.74. The number of hydrogen-bond donors (Lipinski definition) is 0. The molecule has 2 fully saturated rings. The van der Waals surface area contributed by atoms with Crippen LogP contribution in [-0.4, -0.2) is 47.4 Å². The first-order valence-corrected chi connectivity index (χ1v) is 6.73. The van der Waals surface area contributed by atoms with Crippen LogP contribution >= 0.6 is 0 Å². The molecule has 0 radical (unpaired) electrons. The number of likely N-dealkylation sites (tertiary alicyclic amines) is 1. The first-order chi connectivity index (χ1) is 7.72. The van der Waals surface area contributed by atoms with Gasteiger partial charge in [-0.2, -0.15) is 0 Å². The molecule has 0 atom stereocenters. The summed E-state index contributed by atoms with van der Waals surface area (Å²) in [5, 5.41) is 0. The summed E-state index contributed by atoms with van der Waals surface area (Å²) in [5.41, 5.74) is 0. The van der Waals surface area contributed by atoms with Gasteiger partial charge in [-0.3, -0.25) is 4.79 Å². The molecule has 2 rings (SSSR count). The monoisotopic (exact) mass is 224 g/mol. The molecule has 92 valence electrons. The van der Waals surface area contributed by atoms with Gasteiger partial charge in [0.1, 0.15) is 0 Å². The van der Waals surface area contributed by atoms with Gasteiger partial charge in [0.15, 0.2) is 0 Å². The van der Waals surface area contributed by atoms with Gasteiger partial charge in [-0.1, -0.05) is 6.92 Å². The number of carbonyl (C=O) groups is 1. The van der Waals surface area contributed by atoms with Gasteiger partial charge in [-0.15, -0.1) is 0 Å². The summed E-state index contributed by atoms with van der Waals surface area (Å²) in [6, 6.07) is 1.11. The molecule has 0 aromatic rings. The van der Waals surface area contributed by atoms with Crippen LogP contribution < -0.4 is 0 Å². The molecule has 0 N–H and O–H groups in total. The molecule has 0 aromatic heterocycles. The third kappa shape index (κ3) is 2.76. The number of nitrogens with zero attached hydrogens (tertiary/aromatic N) is 2. The van der Waals surface area contributed by atoms with Crippen molar-refractivity contribution < 1.29 is 4.79 Å². The highest BCUT2D eigenvalue weighted by atomic mass is 16.2. The summed E-state index contributed by atoms with van der Waals surface area (Å²) in [6.45, 7) is 7.54. The second-order valence-electron chi connectivity index (χ2n) is 5.23. The normalized spacial score (nSPS) is 23.4. The lowest BCUT2D eigenvalue weighted by Gasteiger charge is -2.38. The topological polar surface area (TPSA) is 23.6 Å².